The lowest BCUT2D eigenvalue weighted by atomic mass is 9.77. The Bertz CT molecular complexity index is 433. The van der Waals surface area contributed by atoms with Crippen molar-refractivity contribution in [3.63, 3.8) is 0 Å². The van der Waals surface area contributed by atoms with Gasteiger partial charge in [-0.1, -0.05) is 26.8 Å². The van der Waals surface area contributed by atoms with Gasteiger partial charge in [-0.3, -0.25) is 0 Å². The molecule has 3 heteroatoms. The molecule has 2 atom stereocenters. The van der Waals surface area contributed by atoms with E-state index in [0.717, 1.165) is 24.8 Å². The van der Waals surface area contributed by atoms with E-state index < -0.39 is 0 Å². The van der Waals surface area contributed by atoms with Crippen molar-refractivity contribution in [1.82, 2.24) is 10.3 Å². The molecule has 1 aliphatic rings. The third kappa shape index (κ3) is 4.19. The quantitative estimate of drug-likeness (QED) is 0.911. The summed E-state index contributed by atoms with van der Waals surface area (Å²) in [5, 5.41) is 3.26. The first-order valence-electron chi connectivity index (χ1n) is 8.30. The lowest BCUT2D eigenvalue weighted by Gasteiger charge is -2.30. The molecule has 1 aliphatic heterocycles. The molecule has 1 aromatic heterocycles. The Morgan fingerprint density at radius 2 is 2.00 bits per heavy atom. The van der Waals surface area contributed by atoms with E-state index in [9.17, 15) is 0 Å². The topological polar surface area (TPSA) is 28.2 Å². The van der Waals surface area contributed by atoms with Crippen LogP contribution in [0, 0.1) is 11.3 Å². The van der Waals surface area contributed by atoms with Gasteiger partial charge in [-0.2, -0.15) is 0 Å². The second kappa shape index (κ2) is 6.78. The number of rotatable bonds is 3. The molecule has 2 rings (SSSR count). The van der Waals surface area contributed by atoms with Crippen molar-refractivity contribution in [2.24, 2.45) is 11.3 Å². The molecule has 0 aliphatic carbocycles. The molecule has 0 aromatic carbocycles. The molecule has 118 valence electrons. The largest absolute Gasteiger partial charge is 0.357 e. The third-order valence-corrected chi connectivity index (χ3v) is 4.98. The highest BCUT2D eigenvalue weighted by molar-refractivity contribution is 5.40. The Hall–Kier alpha value is -1.09. The third-order valence-electron chi connectivity index (χ3n) is 4.98. The summed E-state index contributed by atoms with van der Waals surface area (Å²) in [6.07, 6.45) is 5.91. The molecular weight excluding hydrogens is 258 g/mol. The lowest BCUT2D eigenvalue weighted by molar-refractivity contribution is 0.220. The highest BCUT2D eigenvalue weighted by Crippen LogP contribution is 2.35. The summed E-state index contributed by atoms with van der Waals surface area (Å²) in [7, 11) is 1.99. The zero-order valence-corrected chi connectivity index (χ0v) is 14.3. The van der Waals surface area contributed by atoms with E-state index in [-0.39, 0.29) is 0 Å². The molecule has 0 amide bonds. The Morgan fingerprint density at radius 3 is 2.57 bits per heavy atom. The molecule has 0 saturated carbocycles. The van der Waals surface area contributed by atoms with Gasteiger partial charge in [-0.15, -0.1) is 0 Å². The molecule has 0 spiro atoms. The fraction of sp³-hybridized carbons (Fsp3) is 0.722. The van der Waals surface area contributed by atoms with Crippen LogP contribution in [-0.4, -0.2) is 25.1 Å². The van der Waals surface area contributed by atoms with Crippen molar-refractivity contribution in [2.75, 3.05) is 25.0 Å². The Kier molecular flexibility index (Phi) is 5.26. The zero-order chi connectivity index (χ0) is 15.5. The summed E-state index contributed by atoms with van der Waals surface area (Å²) in [5.74, 6) is 1.96. The normalized spacial score (nSPS) is 22.0. The zero-order valence-electron chi connectivity index (χ0n) is 14.3. The molecule has 3 nitrogen and oxygen atoms in total. The van der Waals surface area contributed by atoms with Crippen LogP contribution in [0.4, 0.5) is 5.82 Å². The van der Waals surface area contributed by atoms with Crippen LogP contribution < -0.4 is 10.2 Å². The maximum absolute atomic E-state index is 4.69. The van der Waals surface area contributed by atoms with Crippen LogP contribution in [0.3, 0.4) is 0 Å². The number of nitrogens with one attached hydrogen (secondary N) is 1. The first-order valence-corrected chi connectivity index (χ1v) is 8.30. The van der Waals surface area contributed by atoms with Gasteiger partial charge in [0.1, 0.15) is 5.82 Å². The number of nitrogens with zero attached hydrogens (tertiary/aromatic N) is 2. The minimum absolute atomic E-state index is 0.362. The van der Waals surface area contributed by atoms with E-state index in [1.54, 1.807) is 0 Å². The molecule has 1 fully saturated rings. The standard InChI is InChI=1S/C18H31N3/c1-14(19-5)15-8-9-17(20-13-15)21-11-6-7-16(10-12-21)18(2,3)4/h8-9,13-14,16,19H,6-7,10-12H2,1-5H3. The fourth-order valence-corrected chi connectivity index (χ4v) is 3.20. The first kappa shape index (κ1) is 16.3. The number of hydrogen-bond donors (Lipinski definition) is 1. The van der Waals surface area contributed by atoms with Crippen molar-refractivity contribution in [2.45, 2.75) is 53.0 Å². The van der Waals surface area contributed by atoms with Crippen LogP contribution in [-0.2, 0) is 0 Å². The SMILES string of the molecule is CNC(C)c1ccc(N2CCCC(C(C)(C)C)CC2)nc1. The molecule has 2 unspecified atom stereocenters. The Balaban J connectivity index is 2.02. The molecule has 2 heterocycles. The van der Waals surface area contributed by atoms with Gasteiger partial charge in [0.15, 0.2) is 0 Å². The van der Waals surface area contributed by atoms with E-state index >= 15 is 0 Å². The summed E-state index contributed by atoms with van der Waals surface area (Å²) < 4.78 is 0. The van der Waals surface area contributed by atoms with Crippen LogP contribution in [0.5, 0.6) is 0 Å². The molecular formula is C18H31N3. The molecule has 21 heavy (non-hydrogen) atoms. The number of hydrogen-bond acceptors (Lipinski definition) is 3. The van der Waals surface area contributed by atoms with Gasteiger partial charge in [-0.25, -0.2) is 4.98 Å². The van der Waals surface area contributed by atoms with Gasteiger partial charge >= 0.3 is 0 Å². The van der Waals surface area contributed by atoms with Gasteiger partial charge in [-0.05, 0) is 56.2 Å². The number of anilines is 1. The molecule has 1 saturated heterocycles. The minimum Gasteiger partial charge on any atom is -0.357 e. The molecule has 0 bridgehead atoms. The van der Waals surface area contributed by atoms with Gasteiger partial charge in [0.05, 0.1) is 0 Å². The average molecular weight is 289 g/mol. The van der Waals surface area contributed by atoms with Crippen LogP contribution >= 0.6 is 0 Å². The van der Waals surface area contributed by atoms with Crippen LogP contribution in [0.15, 0.2) is 18.3 Å². The summed E-state index contributed by atoms with van der Waals surface area (Å²) in [6.45, 7) is 11.6. The minimum atomic E-state index is 0.362. The predicted molar refractivity (Wildman–Crippen MR) is 90.7 cm³/mol. The van der Waals surface area contributed by atoms with E-state index in [0.29, 0.717) is 11.5 Å². The molecule has 1 aromatic rings. The highest BCUT2D eigenvalue weighted by atomic mass is 15.2. The maximum Gasteiger partial charge on any atom is 0.128 e. The van der Waals surface area contributed by atoms with Gasteiger partial charge in [0.2, 0.25) is 0 Å². The highest BCUT2D eigenvalue weighted by Gasteiger charge is 2.27. The summed E-state index contributed by atoms with van der Waals surface area (Å²) in [5.41, 5.74) is 1.68. The first-order chi connectivity index (χ1) is 9.91. The van der Waals surface area contributed by atoms with Gasteiger partial charge in [0, 0.05) is 25.3 Å². The van der Waals surface area contributed by atoms with Gasteiger partial charge in [0.25, 0.3) is 0 Å². The maximum atomic E-state index is 4.69. The average Bonchev–Trinajstić information content (AvgIpc) is 2.72. The number of pyridine rings is 1. The van der Waals surface area contributed by atoms with E-state index in [1.165, 1.54) is 24.8 Å². The van der Waals surface area contributed by atoms with Crippen LogP contribution in [0.1, 0.15) is 58.6 Å². The molecule has 1 N–H and O–H groups in total. The molecule has 0 radical (unpaired) electrons. The van der Waals surface area contributed by atoms with Crippen molar-refractivity contribution in [3.8, 4) is 0 Å². The summed E-state index contributed by atoms with van der Waals surface area (Å²) in [4.78, 5) is 7.14. The van der Waals surface area contributed by atoms with Crippen molar-refractivity contribution >= 4 is 5.82 Å². The van der Waals surface area contributed by atoms with Crippen molar-refractivity contribution < 1.29 is 0 Å². The van der Waals surface area contributed by atoms with Crippen molar-refractivity contribution in [3.05, 3.63) is 23.9 Å². The van der Waals surface area contributed by atoms with E-state index in [4.69, 9.17) is 0 Å². The Morgan fingerprint density at radius 1 is 1.24 bits per heavy atom. The monoisotopic (exact) mass is 289 g/mol. The van der Waals surface area contributed by atoms with Crippen LogP contribution in [0.25, 0.3) is 0 Å². The van der Waals surface area contributed by atoms with E-state index in [1.807, 2.05) is 13.2 Å². The smallest absolute Gasteiger partial charge is 0.128 e. The fourth-order valence-electron chi connectivity index (χ4n) is 3.20. The van der Waals surface area contributed by atoms with E-state index in [2.05, 4.69) is 55.0 Å². The predicted octanol–water partition coefficient (Wildman–Crippen LogP) is 4.01. The lowest BCUT2D eigenvalue weighted by Crippen LogP contribution is -2.26. The second-order valence-corrected chi connectivity index (χ2v) is 7.44. The van der Waals surface area contributed by atoms with Gasteiger partial charge < -0.3 is 10.2 Å². The number of aromatic nitrogens is 1. The van der Waals surface area contributed by atoms with Crippen molar-refractivity contribution in [1.29, 1.82) is 0 Å². The summed E-state index contributed by atoms with van der Waals surface area (Å²) in [6, 6.07) is 4.75. The summed E-state index contributed by atoms with van der Waals surface area (Å²) >= 11 is 0. The van der Waals surface area contributed by atoms with Crippen LogP contribution in [0.2, 0.25) is 0 Å². The Labute approximate surface area is 130 Å². The second-order valence-electron chi connectivity index (χ2n) is 7.44.